The van der Waals surface area contributed by atoms with Crippen molar-refractivity contribution in [3.63, 3.8) is 0 Å². The monoisotopic (exact) mass is 357 g/mol. The first kappa shape index (κ1) is 18.9. The van der Waals surface area contributed by atoms with Crippen LogP contribution in [0.4, 0.5) is 0 Å². The van der Waals surface area contributed by atoms with Crippen molar-refractivity contribution in [2.24, 2.45) is 5.92 Å². The molecule has 0 unspecified atom stereocenters. The molecule has 5 heteroatoms. The number of hydrogen-bond donors (Lipinski definition) is 1. The number of carbonyl (C=O) groups is 2. The highest BCUT2D eigenvalue weighted by molar-refractivity contribution is 5.80. The highest BCUT2D eigenvalue weighted by Gasteiger charge is 2.25. The van der Waals surface area contributed by atoms with Gasteiger partial charge >= 0.3 is 0 Å². The number of piperidine rings is 2. The third-order valence-electron chi connectivity index (χ3n) is 5.55. The van der Waals surface area contributed by atoms with Crippen LogP contribution in [0.25, 0.3) is 0 Å². The van der Waals surface area contributed by atoms with E-state index < -0.39 is 0 Å². The molecule has 0 radical (unpaired) electrons. The van der Waals surface area contributed by atoms with Gasteiger partial charge in [0.1, 0.15) is 0 Å². The molecule has 0 spiro atoms. The normalized spacial score (nSPS) is 19.3. The lowest BCUT2D eigenvalue weighted by Crippen LogP contribution is -2.42. The summed E-state index contributed by atoms with van der Waals surface area (Å²) in [6.45, 7) is 5.11. The molecular weight excluding hydrogens is 326 g/mol. The second-order valence-corrected chi connectivity index (χ2v) is 7.52. The molecule has 1 aromatic rings. The summed E-state index contributed by atoms with van der Waals surface area (Å²) in [6, 6.07) is 10.5. The number of nitrogens with zero attached hydrogens (tertiary/aromatic N) is 2. The lowest BCUT2D eigenvalue weighted by molar-refractivity contribution is -0.132. The van der Waals surface area contributed by atoms with Crippen LogP contribution in [0.5, 0.6) is 0 Å². The molecule has 26 heavy (non-hydrogen) atoms. The maximum atomic E-state index is 12.4. The minimum atomic E-state index is 0.0899. The average molecular weight is 357 g/mol. The largest absolute Gasteiger partial charge is 0.355 e. The third kappa shape index (κ3) is 5.56. The quantitative estimate of drug-likeness (QED) is 0.851. The fourth-order valence-electron chi connectivity index (χ4n) is 3.93. The molecule has 1 N–H and O–H groups in total. The van der Waals surface area contributed by atoms with Crippen molar-refractivity contribution in [1.82, 2.24) is 15.1 Å². The number of rotatable bonds is 6. The highest BCUT2D eigenvalue weighted by Crippen LogP contribution is 2.19. The summed E-state index contributed by atoms with van der Waals surface area (Å²) in [5.74, 6) is 0.394. The van der Waals surface area contributed by atoms with Crippen LogP contribution in [0, 0.1) is 5.92 Å². The van der Waals surface area contributed by atoms with Gasteiger partial charge in [-0.15, -0.1) is 0 Å². The van der Waals surface area contributed by atoms with Gasteiger partial charge in [-0.25, -0.2) is 0 Å². The zero-order valence-corrected chi connectivity index (χ0v) is 15.7. The lowest BCUT2D eigenvalue weighted by Gasteiger charge is -2.31. The predicted octanol–water partition coefficient (Wildman–Crippen LogP) is 2.42. The van der Waals surface area contributed by atoms with E-state index in [1.54, 1.807) is 0 Å². The van der Waals surface area contributed by atoms with E-state index >= 15 is 0 Å². The van der Waals surface area contributed by atoms with Crippen molar-refractivity contribution in [2.75, 3.05) is 32.7 Å². The molecule has 2 amide bonds. The van der Waals surface area contributed by atoms with Crippen molar-refractivity contribution in [3.8, 4) is 0 Å². The summed E-state index contributed by atoms with van der Waals surface area (Å²) in [5, 5.41) is 2.98. The molecule has 2 aliphatic heterocycles. The number of likely N-dealkylation sites (tertiary alicyclic amines) is 2. The van der Waals surface area contributed by atoms with Gasteiger partial charge in [0.15, 0.2) is 0 Å². The van der Waals surface area contributed by atoms with Crippen molar-refractivity contribution in [2.45, 2.75) is 45.1 Å². The van der Waals surface area contributed by atoms with E-state index in [-0.39, 0.29) is 17.7 Å². The second-order valence-electron chi connectivity index (χ2n) is 7.52. The van der Waals surface area contributed by atoms with Gasteiger partial charge in [0, 0.05) is 38.5 Å². The number of amides is 2. The Bertz CT molecular complexity index is 576. The molecule has 0 aliphatic carbocycles. The Labute approximate surface area is 156 Å². The molecule has 0 bridgehead atoms. The molecule has 2 heterocycles. The summed E-state index contributed by atoms with van der Waals surface area (Å²) in [7, 11) is 0. The third-order valence-corrected chi connectivity index (χ3v) is 5.55. The topological polar surface area (TPSA) is 52.7 Å². The standard InChI is InChI=1S/C21H31N3O2/c25-20(24-13-5-2-6-14-24)9-12-22-21(26)19-10-15-23(16-11-19)17-18-7-3-1-4-8-18/h1,3-4,7-8,19H,2,5-6,9-17H2,(H,22,26). The van der Waals surface area contributed by atoms with Crippen LogP contribution in [0.3, 0.4) is 0 Å². The summed E-state index contributed by atoms with van der Waals surface area (Å²) in [6.07, 6.45) is 5.68. The van der Waals surface area contributed by atoms with Gasteiger partial charge in [-0.1, -0.05) is 30.3 Å². The zero-order chi connectivity index (χ0) is 18.2. The Morgan fingerprint density at radius 3 is 2.35 bits per heavy atom. The smallest absolute Gasteiger partial charge is 0.224 e. The molecule has 0 saturated carbocycles. The minimum absolute atomic E-state index is 0.0899. The fraction of sp³-hybridized carbons (Fsp3) is 0.619. The molecule has 0 atom stereocenters. The minimum Gasteiger partial charge on any atom is -0.355 e. The van der Waals surface area contributed by atoms with Gasteiger partial charge in [-0.2, -0.15) is 0 Å². The maximum Gasteiger partial charge on any atom is 0.224 e. The molecule has 2 saturated heterocycles. The van der Waals surface area contributed by atoms with Crippen molar-refractivity contribution in [3.05, 3.63) is 35.9 Å². The summed E-state index contributed by atoms with van der Waals surface area (Å²) < 4.78 is 0. The Kier molecular flexibility index (Phi) is 7.06. The van der Waals surface area contributed by atoms with Crippen molar-refractivity contribution in [1.29, 1.82) is 0 Å². The summed E-state index contributed by atoms with van der Waals surface area (Å²) >= 11 is 0. The van der Waals surface area contributed by atoms with E-state index in [4.69, 9.17) is 0 Å². The Hall–Kier alpha value is -1.88. The molecule has 2 aliphatic rings. The maximum absolute atomic E-state index is 12.4. The SMILES string of the molecule is O=C(NCCC(=O)N1CCCCC1)C1CCN(Cc2ccccc2)CC1. The second kappa shape index (κ2) is 9.72. The van der Waals surface area contributed by atoms with Crippen molar-refractivity contribution < 1.29 is 9.59 Å². The van der Waals surface area contributed by atoms with Gasteiger partial charge in [0.25, 0.3) is 0 Å². The lowest BCUT2D eigenvalue weighted by atomic mass is 9.95. The van der Waals surface area contributed by atoms with E-state index in [1.165, 1.54) is 12.0 Å². The summed E-state index contributed by atoms with van der Waals surface area (Å²) in [5.41, 5.74) is 1.33. The molecule has 1 aromatic carbocycles. The molecule has 142 valence electrons. The van der Waals surface area contributed by atoms with Crippen LogP contribution in [-0.4, -0.2) is 54.3 Å². The van der Waals surface area contributed by atoms with E-state index in [1.807, 2.05) is 11.0 Å². The number of nitrogens with one attached hydrogen (secondary N) is 1. The van der Waals surface area contributed by atoms with E-state index in [9.17, 15) is 9.59 Å². The Morgan fingerprint density at radius 2 is 1.65 bits per heavy atom. The highest BCUT2D eigenvalue weighted by atomic mass is 16.2. The average Bonchev–Trinajstić information content (AvgIpc) is 2.70. The number of hydrogen-bond acceptors (Lipinski definition) is 3. The first-order valence-corrected chi connectivity index (χ1v) is 10.0. The molecule has 5 nitrogen and oxygen atoms in total. The van der Waals surface area contributed by atoms with Gasteiger partial charge in [-0.3, -0.25) is 14.5 Å². The number of benzene rings is 1. The Morgan fingerprint density at radius 1 is 0.962 bits per heavy atom. The predicted molar refractivity (Wildman–Crippen MR) is 103 cm³/mol. The van der Waals surface area contributed by atoms with Crippen LogP contribution in [0.15, 0.2) is 30.3 Å². The van der Waals surface area contributed by atoms with Crippen LogP contribution in [0.1, 0.15) is 44.1 Å². The van der Waals surface area contributed by atoms with E-state index in [2.05, 4.69) is 34.5 Å². The van der Waals surface area contributed by atoms with Gasteiger partial charge in [0.05, 0.1) is 0 Å². The van der Waals surface area contributed by atoms with E-state index in [0.717, 1.165) is 58.4 Å². The van der Waals surface area contributed by atoms with Gasteiger partial charge in [-0.05, 0) is 50.8 Å². The van der Waals surface area contributed by atoms with Crippen LogP contribution in [0.2, 0.25) is 0 Å². The van der Waals surface area contributed by atoms with Crippen LogP contribution < -0.4 is 5.32 Å². The molecule has 0 aromatic heterocycles. The first-order chi connectivity index (χ1) is 12.7. The van der Waals surface area contributed by atoms with Crippen LogP contribution in [-0.2, 0) is 16.1 Å². The molecule has 3 rings (SSSR count). The first-order valence-electron chi connectivity index (χ1n) is 10.0. The van der Waals surface area contributed by atoms with E-state index in [0.29, 0.717) is 13.0 Å². The molecule has 2 fully saturated rings. The summed E-state index contributed by atoms with van der Waals surface area (Å²) in [4.78, 5) is 28.9. The fourth-order valence-corrected chi connectivity index (χ4v) is 3.93. The van der Waals surface area contributed by atoms with Gasteiger partial charge in [0.2, 0.25) is 11.8 Å². The Balaban J connectivity index is 1.32. The van der Waals surface area contributed by atoms with Crippen LogP contribution >= 0.6 is 0 Å². The molecular formula is C21H31N3O2. The van der Waals surface area contributed by atoms with Crippen molar-refractivity contribution >= 4 is 11.8 Å². The van der Waals surface area contributed by atoms with Gasteiger partial charge < -0.3 is 10.2 Å². The number of carbonyl (C=O) groups excluding carboxylic acids is 2. The zero-order valence-electron chi connectivity index (χ0n) is 15.7.